The molecule has 1 amide bonds. The summed E-state index contributed by atoms with van der Waals surface area (Å²) in [6.45, 7) is 4.90. The van der Waals surface area contributed by atoms with Crippen molar-refractivity contribution in [3.63, 3.8) is 0 Å². The Kier molecular flexibility index (Phi) is 4.73. The third kappa shape index (κ3) is 2.95. The highest BCUT2D eigenvalue weighted by molar-refractivity contribution is 5.80. The van der Waals surface area contributed by atoms with Gasteiger partial charge in [0, 0.05) is 19.2 Å². The summed E-state index contributed by atoms with van der Waals surface area (Å²) in [5, 5.41) is 8.93. The summed E-state index contributed by atoms with van der Waals surface area (Å²) < 4.78 is 5.16. The van der Waals surface area contributed by atoms with Crippen LogP contribution < -0.4 is 0 Å². The number of rotatable bonds is 5. The van der Waals surface area contributed by atoms with Crippen LogP contribution in [0.4, 0.5) is 0 Å². The zero-order chi connectivity index (χ0) is 12.1. The first-order valence-electron chi connectivity index (χ1n) is 5.68. The Bertz CT molecular complexity index is 267. The van der Waals surface area contributed by atoms with Crippen LogP contribution in [-0.2, 0) is 14.3 Å². The van der Waals surface area contributed by atoms with Gasteiger partial charge in [0.25, 0.3) is 0 Å². The van der Waals surface area contributed by atoms with Gasteiger partial charge in [0.15, 0.2) is 0 Å². The fourth-order valence-corrected chi connectivity index (χ4v) is 2.01. The summed E-state index contributed by atoms with van der Waals surface area (Å²) in [4.78, 5) is 24.2. The predicted octanol–water partition coefficient (Wildman–Crippen LogP) is 0.735. The first-order chi connectivity index (χ1) is 7.57. The Labute approximate surface area is 95.4 Å². The second-order valence-corrected chi connectivity index (χ2v) is 4.11. The molecule has 5 heteroatoms. The van der Waals surface area contributed by atoms with E-state index in [1.807, 2.05) is 6.92 Å². The number of carboxylic acid groups (broad SMARTS) is 1. The number of carbonyl (C=O) groups is 2. The molecule has 1 aliphatic rings. The Morgan fingerprint density at radius 3 is 2.69 bits per heavy atom. The Hall–Kier alpha value is -1.10. The van der Waals surface area contributed by atoms with Gasteiger partial charge in [-0.1, -0.05) is 6.92 Å². The van der Waals surface area contributed by atoms with Crippen LogP contribution in [0.25, 0.3) is 0 Å². The van der Waals surface area contributed by atoms with Crippen molar-refractivity contribution in [2.75, 3.05) is 19.8 Å². The first-order valence-corrected chi connectivity index (χ1v) is 5.68. The van der Waals surface area contributed by atoms with Crippen LogP contribution in [0, 0.1) is 5.92 Å². The molecule has 0 bridgehead atoms. The molecule has 0 aliphatic carbocycles. The van der Waals surface area contributed by atoms with Crippen LogP contribution in [-0.4, -0.2) is 47.7 Å². The van der Waals surface area contributed by atoms with Gasteiger partial charge in [0.1, 0.15) is 6.61 Å². The molecule has 5 nitrogen and oxygen atoms in total. The van der Waals surface area contributed by atoms with Gasteiger partial charge in [-0.3, -0.25) is 9.59 Å². The molecule has 0 spiro atoms. The fraction of sp³-hybridized carbons (Fsp3) is 0.818. The maximum Gasteiger partial charge on any atom is 0.308 e. The zero-order valence-electron chi connectivity index (χ0n) is 9.81. The predicted molar refractivity (Wildman–Crippen MR) is 58.0 cm³/mol. The van der Waals surface area contributed by atoms with E-state index in [4.69, 9.17) is 9.84 Å². The van der Waals surface area contributed by atoms with Crippen molar-refractivity contribution in [3.05, 3.63) is 0 Å². The monoisotopic (exact) mass is 229 g/mol. The third-order valence-corrected chi connectivity index (χ3v) is 2.97. The molecule has 0 radical (unpaired) electrons. The number of nitrogens with zero attached hydrogens (tertiary/aromatic N) is 1. The molecule has 0 saturated carbocycles. The van der Waals surface area contributed by atoms with Crippen molar-refractivity contribution >= 4 is 11.9 Å². The zero-order valence-corrected chi connectivity index (χ0v) is 9.81. The average Bonchev–Trinajstić information content (AvgIpc) is 2.60. The van der Waals surface area contributed by atoms with Gasteiger partial charge in [0.2, 0.25) is 5.91 Å². The van der Waals surface area contributed by atoms with Crippen molar-refractivity contribution in [1.82, 2.24) is 4.90 Å². The highest BCUT2D eigenvalue weighted by Gasteiger charge is 2.37. The molecule has 16 heavy (non-hydrogen) atoms. The standard InChI is InChI=1S/C11H19NO4/c1-3-6-16-7-10(13)12-5-4-9(8(12)2)11(14)15/h8-9H,3-7H2,1-2H3,(H,14,15). The maximum absolute atomic E-state index is 11.7. The quantitative estimate of drug-likeness (QED) is 0.706. The van der Waals surface area contributed by atoms with Crippen LogP contribution in [0.1, 0.15) is 26.7 Å². The number of hydrogen-bond donors (Lipinski definition) is 1. The Morgan fingerprint density at radius 1 is 1.50 bits per heavy atom. The molecule has 1 fully saturated rings. The van der Waals surface area contributed by atoms with Gasteiger partial charge in [-0.2, -0.15) is 0 Å². The molecular formula is C11H19NO4. The van der Waals surface area contributed by atoms with Crippen LogP contribution in [0.5, 0.6) is 0 Å². The maximum atomic E-state index is 11.7. The van der Waals surface area contributed by atoms with Crippen molar-refractivity contribution in [3.8, 4) is 0 Å². The van der Waals surface area contributed by atoms with E-state index >= 15 is 0 Å². The minimum atomic E-state index is -0.822. The van der Waals surface area contributed by atoms with Gasteiger partial charge in [0.05, 0.1) is 5.92 Å². The SMILES string of the molecule is CCCOCC(=O)N1CCC(C(=O)O)C1C. The lowest BCUT2D eigenvalue weighted by Gasteiger charge is -2.23. The molecule has 1 heterocycles. The summed E-state index contributed by atoms with van der Waals surface area (Å²) in [5.74, 6) is -1.36. The second kappa shape index (κ2) is 5.84. The lowest BCUT2D eigenvalue weighted by atomic mass is 10.0. The van der Waals surface area contributed by atoms with E-state index in [-0.39, 0.29) is 18.6 Å². The number of carboxylic acids is 1. The molecule has 1 N–H and O–H groups in total. The topological polar surface area (TPSA) is 66.8 Å². The highest BCUT2D eigenvalue weighted by Crippen LogP contribution is 2.24. The molecule has 0 aromatic rings. The van der Waals surface area contributed by atoms with E-state index in [0.717, 1.165) is 6.42 Å². The van der Waals surface area contributed by atoms with Gasteiger partial charge < -0.3 is 14.7 Å². The number of ether oxygens (including phenoxy) is 1. The summed E-state index contributed by atoms with van der Waals surface area (Å²) in [5.41, 5.74) is 0. The van der Waals surface area contributed by atoms with Crippen LogP contribution in [0.3, 0.4) is 0 Å². The normalized spacial score (nSPS) is 24.8. The minimum absolute atomic E-state index is 0.0600. The van der Waals surface area contributed by atoms with E-state index in [1.165, 1.54) is 0 Å². The van der Waals surface area contributed by atoms with E-state index in [2.05, 4.69) is 0 Å². The van der Waals surface area contributed by atoms with Gasteiger partial charge in [-0.15, -0.1) is 0 Å². The summed E-state index contributed by atoms with van der Waals surface area (Å²) in [6.07, 6.45) is 1.41. The number of aliphatic carboxylic acids is 1. The molecule has 92 valence electrons. The van der Waals surface area contributed by atoms with Crippen LogP contribution >= 0.6 is 0 Å². The van der Waals surface area contributed by atoms with Crippen molar-refractivity contribution in [2.24, 2.45) is 5.92 Å². The molecule has 2 unspecified atom stereocenters. The summed E-state index contributed by atoms with van der Waals surface area (Å²) >= 11 is 0. The molecule has 1 aliphatic heterocycles. The number of hydrogen-bond acceptors (Lipinski definition) is 3. The van der Waals surface area contributed by atoms with Gasteiger partial charge >= 0.3 is 5.97 Å². The van der Waals surface area contributed by atoms with E-state index in [1.54, 1.807) is 11.8 Å². The number of likely N-dealkylation sites (tertiary alicyclic amines) is 1. The fourth-order valence-electron chi connectivity index (χ4n) is 2.01. The highest BCUT2D eigenvalue weighted by atomic mass is 16.5. The first kappa shape index (κ1) is 13.0. The lowest BCUT2D eigenvalue weighted by Crippen LogP contribution is -2.39. The number of carbonyl (C=O) groups excluding carboxylic acids is 1. The van der Waals surface area contributed by atoms with Gasteiger partial charge in [-0.25, -0.2) is 0 Å². The molecule has 1 rings (SSSR count). The van der Waals surface area contributed by atoms with E-state index in [9.17, 15) is 9.59 Å². The van der Waals surface area contributed by atoms with Crippen molar-refractivity contribution < 1.29 is 19.4 Å². The van der Waals surface area contributed by atoms with Crippen LogP contribution in [0.2, 0.25) is 0 Å². The molecule has 0 aromatic heterocycles. The second-order valence-electron chi connectivity index (χ2n) is 4.11. The molecule has 0 aromatic carbocycles. The van der Waals surface area contributed by atoms with Crippen molar-refractivity contribution in [1.29, 1.82) is 0 Å². The minimum Gasteiger partial charge on any atom is -0.481 e. The lowest BCUT2D eigenvalue weighted by molar-refractivity contribution is -0.143. The van der Waals surface area contributed by atoms with Crippen molar-refractivity contribution in [2.45, 2.75) is 32.7 Å². The van der Waals surface area contributed by atoms with E-state index < -0.39 is 11.9 Å². The summed E-state index contributed by atoms with van der Waals surface area (Å²) in [7, 11) is 0. The Balaban J connectivity index is 2.43. The molecule has 1 saturated heterocycles. The summed E-state index contributed by atoms with van der Waals surface area (Å²) in [6, 6.07) is -0.227. The van der Waals surface area contributed by atoms with Crippen LogP contribution in [0.15, 0.2) is 0 Å². The molecular weight excluding hydrogens is 210 g/mol. The largest absolute Gasteiger partial charge is 0.481 e. The third-order valence-electron chi connectivity index (χ3n) is 2.97. The Morgan fingerprint density at radius 2 is 2.19 bits per heavy atom. The smallest absolute Gasteiger partial charge is 0.308 e. The van der Waals surface area contributed by atoms with Gasteiger partial charge in [-0.05, 0) is 19.8 Å². The molecule has 2 atom stereocenters. The van der Waals surface area contributed by atoms with E-state index in [0.29, 0.717) is 19.6 Å². The number of amides is 1. The average molecular weight is 229 g/mol.